The summed E-state index contributed by atoms with van der Waals surface area (Å²) in [6.07, 6.45) is 2.25. The lowest BCUT2D eigenvalue weighted by atomic mass is 9.78. The van der Waals surface area contributed by atoms with E-state index < -0.39 is 12.1 Å². The van der Waals surface area contributed by atoms with E-state index >= 15 is 0 Å². The molecule has 1 N–H and O–H groups in total. The molecule has 0 saturated carbocycles. The van der Waals surface area contributed by atoms with Gasteiger partial charge in [-0.2, -0.15) is 5.10 Å². The van der Waals surface area contributed by atoms with E-state index in [2.05, 4.69) is 0 Å². The molecular weight excluding hydrogens is 458 g/mol. The van der Waals surface area contributed by atoms with Crippen molar-refractivity contribution < 1.29 is 24.2 Å². The lowest BCUT2D eigenvalue weighted by Gasteiger charge is -2.46. The molecule has 2 heterocycles. The third-order valence-corrected chi connectivity index (χ3v) is 6.41. The van der Waals surface area contributed by atoms with Crippen LogP contribution in [0.15, 0.2) is 60.8 Å². The maximum Gasteiger partial charge on any atom is 0.407 e. The topological polar surface area (TPSA) is 93.9 Å². The molecule has 190 valence electrons. The van der Waals surface area contributed by atoms with Crippen LogP contribution in [-0.4, -0.2) is 51.0 Å². The van der Waals surface area contributed by atoms with Gasteiger partial charge in [-0.3, -0.25) is 4.68 Å². The molecule has 36 heavy (non-hydrogen) atoms. The Morgan fingerprint density at radius 1 is 1.06 bits per heavy atom. The van der Waals surface area contributed by atoms with Crippen LogP contribution in [0.25, 0.3) is 11.3 Å². The molecule has 1 amide bonds. The van der Waals surface area contributed by atoms with Crippen molar-refractivity contribution in [1.82, 2.24) is 14.7 Å². The summed E-state index contributed by atoms with van der Waals surface area (Å²) in [5.74, 6) is 0.941. The van der Waals surface area contributed by atoms with Crippen molar-refractivity contribution >= 4 is 12.1 Å². The van der Waals surface area contributed by atoms with Crippen LogP contribution in [0.3, 0.4) is 0 Å². The van der Waals surface area contributed by atoms with Crippen molar-refractivity contribution in [3.8, 4) is 22.8 Å². The average Bonchev–Trinajstić information content (AvgIpc) is 3.30. The monoisotopic (exact) mass is 491 g/mol. The van der Waals surface area contributed by atoms with E-state index in [1.807, 2.05) is 75.4 Å². The Hall–Kier alpha value is -3.81. The van der Waals surface area contributed by atoms with Crippen LogP contribution in [0.5, 0.6) is 11.5 Å². The Morgan fingerprint density at radius 2 is 1.72 bits per heavy atom. The molecule has 0 aliphatic carbocycles. The summed E-state index contributed by atoms with van der Waals surface area (Å²) < 4.78 is 13.0. The standard InChI is InChI=1S/C28H33N3O5/c1-5-35-26(32)22-18-31(23-12-9-17-30(27(33)34)25(23)28(2,3)4)29-24(22)19-13-15-21(16-14-19)36-20-10-7-6-8-11-20/h6-8,10-11,13-16,18,23,25H,5,9,12,17H2,1-4H3,(H,33,34). The molecule has 0 radical (unpaired) electrons. The van der Waals surface area contributed by atoms with Gasteiger partial charge in [-0.25, -0.2) is 9.59 Å². The number of piperidine rings is 1. The Kier molecular flexibility index (Phi) is 7.33. The van der Waals surface area contributed by atoms with Gasteiger partial charge in [0.1, 0.15) is 22.8 Å². The molecular formula is C28H33N3O5. The molecule has 2 aromatic carbocycles. The van der Waals surface area contributed by atoms with Gasteiger partial charge in [0, 0.05) is 18.3 Å². The summed E-state index contributed by atoms with van der Waals surface area (Å²) in [6.45, 7) is 8.60. The molecule has 2 unspecified atom stereocenters. The molecule has 1 aromatic heterocycles. The summed E-state index contributed by atoms with van der Waals surface area (Å²) in [7, 11) is 0. The van der Waals surface area contributed by atoms with E-state index in [0.717, 1.165) is 24.2 Å². The van der Waals surface area contributed by atoms with Gasteiger partial charge in [0.05, 0.1) is 18.7 Å². The van der Waals surface area contributed by atoms with Gasteiger partial charge in [-0.15, -0.1) is 0 Å². The first kappa shape index (κ1) is 25.3. The fraction of sp³-hybridized carbons (Fsp3) is 0.393. The predicted molar refractivity (Wildman–Crippen MR) is 136 cm³/mol. The van der Waals surface area contributed by atoms with Crippen LogP contribution in [0, 0.1) is 5.41 Å². The van der Waals surface area contributed by atoms with Crippen LogP contribution >= 0.6 is 0 Å². The van der Waals surface area contributed by atoms with Gasteiger partial charge >= 0.3 is 12.1 Å². The number of hydrogen-bond donors (Lipinski definition) is 1. The normalized spacial score (nSPS) is 18.1. The molecule has 4 rings (SSSR count). The lowest BCUT2D eigenvalue weighted by molar-refractivity contribution is 0.0236. The summed E-state index contributed by atoms with van der Waals surface area (Å²) in [6, 6.07) is 16.4. The van der Waals surface area contributed by atoms with Crippen molar-refractivity contribution in [3.63, 3.8) is 0 Å². The largest absolute Gasteiger partial charge is 0.465 e. The molecule has 1 saturated heterocycles. The number of rotatable bonds is 6. The van der Waals surface area contributed by atoms with Gasteiger partial charge in [0.15, 0.2) is 0 Å². The maximum atomic E-state index is 12.9. The fourth-order valence-corrected chi connectivity index (χ4v) is 4.95. The second kappa shape index (κ2) is 10.4. The first-order valence-corrected chi connectivity index (χ1v) is 12.3. The number of carbonyl (C=O) groups is 2. The lowest BCUT2D eigenvalue weighted by Crippen LogP contribution is -2.54. The summed E-state index contributed by atoms with van der Waals surface area (Å²) >= 11 is 0. The first-order chi connectivity index (χ1) is 17.2. The zero-order chi connectivity index (χ0) is 25.9. The number of hydrogen-bond acceptors (Lipinski definition) is 5. The molecule has 8 nitrogen and oxygen atoms in total. The molecule has 1 aliphatic rings. The van der Waals surface area contributed by atoms with E-state index in [9.17, 15) is 14.7 Å². The van der Waals surface area contributed by atoms with Crippen molar-refractivity contribution in [2.24, 2.45) is 5.41 Å². The van der Waals surface area contributed by atoms with Gasteiger partial charge in [-0.05, 0) is 61.6 Å². The third-order valence-electron chi connectivity index (χ3n) is 6.41. The molecule has 3 aromatic rings. The first-order valence-electron chi connectivity index (χ1n) is 12.3. The molecule has 0 spiro atoms. The number of ether oxygens (including phenoxy) is 2. The number of esters is 1. The predicted octanol–water partition coefficient (Wildman–Crippen LogP) is 6.25. The number of carboxylic acid groups (broad SMARTS) is 1. The number of likely N-dealkylation sites (tertiary alicyclic amines) is 1. The smallest absolute Gasteiger partial charge is 0.407 e. The van der Waals surface area contributed by atoms with Gasteiger partial charge in [-0.1, -0.05) is 39.0 Å². The number of aromatic nitrogens is 2. The summed E-state index contributed by atoms with van der Waals surface area (Å²) in [5, 5.41) is 14.7. The van der Waals surface area contributed by atoms with E-state index in [4.69, 9.17) is 14.6 Å². The van der Waals surface area contributed by atoms with Crippen molar-refractivity contribution in [2.45, 2.75) is 52.6 Å². The average molecular weight is 492 g/mol. The van der Waals surface area contributed by atoms with Crippen LogP contribution in [0.2, 0.25) is 0 Å². The van der Waals surface area contributed by atoms with Crippen LogP contribution in [0.4, 0.5) is 4.79 Å². The van der Waals surface area contributed by atoms with Crippen LogP contribution in [-0.2, 0) is 4.74 Å². The fourth-order valence-electron chi connectivity index (χ4n) is 4.95. The SMILES string of the molecule is CCOC(=O)c1cn(C2CCCN(C(=O)O)C2C(C)(C)C)nc1-c1ccc(Oc2ccccc2)cc1. The second-order valence-corrected chi connectivity index (χ2v) is 10.0. The molecule has 8 heteroatoms. The minimum absolute atomic E-state index is 0.211. The minimum Gasteiger partial charge on any atom is -0.465 e. The van der Waals surface area contributed by atoms with E-state index in [-0.39, 0.29) is 24.1 Å². The number of benzene rings is 2. The number of nitrogens with zero attached hydrogens (tertiary/aromatic N) is 3. The van der Waals surface area contributed by atoms with Crippen molar-refractivity contribution in [2.75, 3.05) is 13.2 Å². The van der Waals surface area contributed by atoms with Crippen molar-refractivity contribution in [3.05, 3.63) is 66.4 Å². The van der Waals surface area contributed by atoms with Gasteiger partial charge in [0.25, 0.3) is 0 Å². The van der Waals surface area contributed by atoms with Crippen LogP contribution in [0.1, 0.15) is 56.9 Å². The molecule has 1 fully saturated rings. The zero-order valence-corrected chi connectivity index (χ0v) is 21.2. The van der Waals surface area contributed by atoms with Crippen LogP contribution < -0.4 is 4.74 Å². The highest BCUT2D eigenvalue weighted by molar-refractivity contribution is 5.96. The summed E-state index contributed by atoms with van der Waals surface area (Å²) in [5.41, 5.74) is 1.28. The second-order valence-electron chi connectivity index (χ2n) is 10.0. The van der Waals surface area contributed by atoms with E-state index in [1.165, 1.54) is 4.90 Å². The van der Waals surface area contributed by atoms with Gasteiger partial charge in [0.2, 0.25) is 0 Å². The third kappa shape index (κ3) is 5.37. The zero-order valence-electron chi connectivity index (χ0n) is 21.2. The number of para-hydroxylation sites is 1. The Balaban J connectivity index is 1.71. The highest BCUT2D eigenvalue weighted by Gasteiger charge is 2.43. The van der Waals surface area contributed by atoms with Crippen molar-refractivity contribution in [1.29, 1.82) is 0 Å². The maximum absolute atomic E-state index is 12.9. The molecule has 2 atom stereocenters. The minimum atomic E-state index is -0.938. The molecule has 0 bridgehead atoms. The Bertz CT molecular complexity index is 1200. The summed E-state index contributed by atoms with van der Waals surface area (Å²) in [4.78, 5) is 26.4. The Labute approximate surface area is 211 Å². The highest BCUT2D eigenvalue weighted by Crippen LogP contribution is 2.40. The van der Waals surface area contributed by atoms with Gasteiger partial charge < -0.3 is 19.5 Å². The number of amides is 1. The quantitative estimate of drug-likeness (QED) is 0.410. The van der Waals surface area contributed by atoms with E-state index in [0.29, 0.717) is 23.6 Å². The van der Waals surface area contributed by atoms with E-state index in [1.54, 1.807) is 17.8 Å². The highest BCUT2D eigenvalue weighted by atomic mass is 16.5. The Morgan fingerprint density at radius 3 is 2.33 bits per heavy atom. The molecule has 1 aliphatic heterocycles. The number of carbonyl (C=O) groups excluding carboxylic acids is 1.